The van der Waals surface area contributed by atoms with Gasteiger partial charge in [-0.3, -0.25) is 4.90 Å². The molecule has 3 aromatic rings. The van der Waals surface area contributed by atoms with Gasteiger partial charge in [0.05, 0.1) is 23.6 Å². The summed E-state index contributed by atoms with van der Waals surface area (Å²) >= 11 is 3.45. The van der Waals surface area contributed by atoms with E-state index in [1.807, 2.05) is 30.3 Å². The summed E-state index contributed by atoms with van der Waals surface area (Å²) in [5, 5.41) is 1.94. The molecular weight excluding hydrogens is 432 g/mol. The number of benzene rings is 2. The Bertz CT molecular complexity index is 1070. The quantitative estimate of drug-likeness (QED) is 0.508. The number of aromatic nitrogens is 2. The number of hydrogen-bond donors (Lipinski definition) is 1. The van der Waals surface area contributed by atoms with Gasteiger partial charge in [-0.15, -0.1) is 0 Å². The van der Waals surface area contributed by atoms with E-state index < -0.39 is 36.6 Å². The topological polar surface area (TPSA) is 58.2 Å². The van der Waals surface area contributed by atoms with Gasteiger partial charge in [-0.25, -0.2) is 18.6 Å². The maximum Gasteiger partial charge on any atom is 0.411 e. The summed E-state index contributed by atoms with van der Waals surface area (Å²) in [6.07, 6.45) is -1.25. The fraction of sp³-hybridized carbons (Fsp3) is 0.400. The number of halogens is 3. The number of ether oxygens (including phenoxy) is 1. The van der Waals surface area contributed by atoms with Crippen LogP contribution >= 0.6 is 15.9 Å². The van der Waals surface area contributed by atoms with Crippen molar-refractivity contribution >= 4 is 43.8 Å². The second-order valence-electron chi connectivity index (χ2n) is 8.13. The molecule has 0 aliphatic carbocycles. The van der Waals surface area contributed by atoms with E-state index in [1.165, 1.54) is 0 Å². The zero-order chi connectivity index (χ0) is 20.3. The van der Waals surface area contributed by atoms with Crippen molar-refractivity contribution in [1.82, 2.24) is 14.9 Å². The number of nitrogens with one attached hydrogen (secondary N) is 1. The highest BCUT2D eigenvalue weighted by molar-refractivity contribution is 9.10. The maximum absolute atomic E-state index is 14.2. The van der Waals surface area contributed by atoms with Crippen molar-refractivity contribution in [3.05, 3.63) is 40.6 Å². The number of likely N-dealkylation sites (tertiary alicyclic amines) is 1. The van der Waals surface area contributed by atoms with Crippen LogP contribution in [-0.2, 0) is 4.74 Å². The molecule has 1 aliphatic heterocycles. The summed E-state index contributed by atoms with van der Waals surface area (Å²) in [5.74, 6) is -2.65. The zero-order valence-electron chi connectivity index (χ0n) is 15.7. The number of imidazole rings is 1. The molecule has 1 aromatic heterocycles. The normalized spacial score (nSPS) is 19.5. The van der Waals surface area contributed by atoms with Gasteiger partial charge in [-0.1, -0.05) is 28.1 Å². The molecule has 5 nitrogen and oxygen atoms in total. The van der Waals surface area contributed by atoms with Crippen molar-refractivity contribution < 1.29 is 18.3 Å². The standard InChI is InChI=1S/C20H20BrF2N3O2/c1-19(2,3)28-18(27)26-10-20(22,23)9-15(26)17-24-14-7-4-11-8-12(21)5-6-13(11)16(14)25-17/h4-8,15H,9-10H2,1-3H3,(H,24,25)/t15-/m0/s1. The lowest BCUT2D eigenvalue weighted by molar-refractivity contribution is -0.00248. The van der Waals surface area contributed by atoms with E-state index in [-0.39, 0.29) is 0 Å². The Balaban J connectivity index is 1.76. The maximum atomic E-state index is 14.2. The van der Waals surface area contributed by atoms with E-state index in [0.717, 1.165) is 25.7 Å². The van der Waals surface area contributed by atoms with Gasteiger partial charge < -0.3 is 9.72 Å². The van der Waals surface area contributed by atoms with Gasteiger partial charge in [0.2, 0.25) is 0 Å². The molecule has 0 bridgehead atoms. The molecule has 4 rings (SSSR count). The lowest BCUT2D eigenvalue weighted by atomic mass is 10.1. The summed E-state index contributed by atoms with van der Waals surface area (Å²) in [6.45, 7) is 4.44. The highest BCUT2D eigenvalue weighted by atomic mass is 79.9. The molecule has 1 N–H and O–H groups in total. The number of alkyl halides is 2. The number of fused-ring (bicyclic) bond motifs is 3. The number of aromatic amines is 1. The summed E-state index contributed by atoms with van der Waals surface area (Å²) in [4.78, 5) is 21.3. The van der Waals surface area contributed by atoms with Gasteiger partial charge in [0.1, 0.15) is 11.4 Å². The third kappa shape index (κ3) is 3.57. The number of hydrogen-bond acceptors (Lipinski definition) is 3. The Morgan fingerprint density at radius 3 is 2.79 bits per heavy atom. The molecule has 1 atom stereocenters. The molecular formula is C20H20BrF2N3O2. The lowest BCUT2D eigenvalue weighted by Crippen LogP contribution is -2.38. The fourth-order valence-electron chi connectivity index (χ4n) is 3.53. The van der Waals surface area contributed by atoms with Crippen LogP contribution < -0.4 is 0 Å². The molecule has 1 fully saturated rings. The molecule has 1 saturated heterocycles. The second kappa shape index (κ2) is 6.40. The third-order valence-corrected chi connectivity index (χ3v) is 5.16. The minimum atomic E-state index is -2.99. The van der Waals surface area contributed by atoms with Crippen LogP contribution in [0.2, 0.25) is 0 Å². The summed E-state index contributed by atoms with van der Waals surface area (Å²) in [6, 6.07) is 8.74. The van der Waals surface area contributed by atoms with Crippen LogP contribution in [0.25, 0.3) is 21.8 Å². The van der Waals surface area contributed by atoms with Gasteiger partial charge in [-0.05, 0) is 44.4 Å². The van der Waals surface area contributed by atoms with Gasteiger partial charge in [-0.2, -0.15) is 0 Å². The molecule has 0 spiro atoms. The van der Waals surface area contributed by atoms with E-state index in [0.29, 0.717) is 11.3 Å². The zero-order valence-corrected chi connectivity index (χ0v) is 17.3. The minimum absolute atomic E-state index is 0.341. The molecule has 0 radical (unpaired) electrons. The molecule has 148 valence electrons. The summed E-state index contributed by atoms with van der Waals surface area (Å²) in [7, 11) is 0. The van der Waals surface area contributed by atoms with E-state index >= 15 is 0 Å². The van der Waals surface area contributed by atoms with Crippen molar-refractivity contribution in [3.63, 3.8) is 0 Å². The molecule has 28 heavy (non-hydrogen) atoms. The van der Waals surface area contributed by atoms with E-state index in [1.54, 1.807) is 20.8 Å². The molecule has 8 heteroatoms. The summed E-state index contributed by atoms with van der Waals surface area (Å²) < 4.78 is 34.6. The van der Waals surface area contributed by atoms with Crippen LogP contribution in [0.5, 0.6) is 0 Å². The molecule has 2 aromatic carbocycles. The van der Waals surface area contributed by atoms with Crippen LogP contribution in [0.4, 0.5) is 13.6 Å². The van der Waals surface area contributed by atoms with Crippen LogP contribution in [0.3, 0.4) is 0 Å². The molecule has 0 unspecified atom stereocenters. The highest BCUT2D eigenvalue weighted by Crippen LogP contribution is 2.41. The van der Waals surface area contributed by atoms with Crippen LogP contribution in [-0.4, -0.2) is 39.0 Å². The number of nitrogens with zero attached hydrogens (tertiary/aromatic N) is 2. The number of carbonyl (C=O) groups excluding carboxylic acids is 1. The highest BCUT2D eigenvalue weighted by Gasteiger charge is 2.50. The van der Waals surface area contributed by atoms with Crippen LogP contribution in [0.1, 0.15) is 39.1 Å². The lowest BCUT2D eigenvalue weighted by Gasteiger charge is -2.27. The van der Waals surface area contributed by atoms with Crippen LogP contribution in [0.15, 0.2) is 34.8 Å². The fourth-order valence-corrected chi connectivity index (χ4v) is 3.91. The van der Waals surface area contributed by atoms with Crippen molar-refractivity contribution in [3.8, 4) is 0 Å². The van der Waals surface area contributed by atoms with E-state index in [4.69, 9.17) is 4.74 Å². The van der Waals surface area contributed by atoms with Gasteiger partial charge in [0.25, 0.3) is 5.92 Å². The predicted octanol–water partition coefficient (Wildman–Crippen LogP) is 5.80. The Morgan fingerprint density at radius 2 is 2.07 bits per heavy atom. The van der Waals surface area contributed by atoms with Gasteiger partial charge >= 0.3 is 6.09 Å². The summed E-state index contributed by atoms with van der Waals surface area (Å²) in [5.41, 5.74) is 0.667. The molecule has 2 heterocycles. The second-order valence-corrected chi connectivity index (χ2v) is 9.05. The minimum Gasteiger partial charge on any atom is -0.444 e. The van der Waals surface area contributed by atoms with Crippen LogP contribution in [0, 0.1) is 0 Å². The Morgan fingerprint density at radius 1 is 1.32 bits per heavy atom. The molecule has 1 amide bonds. The van der Waals surface area contributed by atoms with Gasteiger partial charge in [0.15, 0.2) is 0 Å². The Hall–Kier alpha value is -2.22. The molecule has 1 aliphatic rings. The number of H-pyrrole nitrogens is 1. The first-order chi connectivity index (χ1) is 13.0. The number of amides is 1. The smallest absolute Gasteiger partial charge is 0.411 e. The van der Waals surface area contributed by atoms with Crippen molar-refractivity contribution in [2.24, 2.45) is 0 Å². The van der Waals surface area contributed by atoms with Gasteiger partial charge in [0, 0.05) is 16.3 Å². The first-order valence-corrected chi connectivity index (χ1v) is 9.77. The average Bonchev–Trinajstić information content (AvgIpc) is 3.13. The van der Waals surface area contributed by atoms with E-state index in [9.17, 15) is 13.6 Å². The Labute approximate surface area is 169 Å². The largest absolute Gasteiger partial charge is 0.444 e. The van der Waals surface area contributed by atoms with Crippen molar-refractivity contribution in [2.75, 3.05) is 6.54 Å². The van der Waals surface area contributed by atoms with E-state index in [2.05, 4.69) is 25.9 Å². The molecule has 0 saturated carbocycles. The monoisotopic (exact) mass is 451 g/mol. The Kier molecular flexibility index (Phi) is 4.37. The average molecular weight is 452 g/mol. The third-order valence-electron chi connectivity index (χ3n) is 4.67. The number of carbonyl (C=O) groups is 1. The first-order valence-electron chi connectivity index (χ1n) is 8.98. The van der Waals surface area contributed by atoms with Crippen molar-refractivity contribution in [1.29, 1.82) is 0 Å². The predicted molar refractivity (Wildman–Crippen MR) is 107 cm³/mol. The SMILES string of the molecule is CC(C)(C)OC(=O)N1CC(F)(F)C[C@H]1c1nc2ccc3cc(Br)ccc3c2[nH]1. The number of rotatable bonds is 1. The van der Waals surface area contributed by atoms with Crippen molar-refractivity contribution in [2.45, 2.75) is 44.8 Å². The first kappa shape index (κ1) is 19.1.